The Morgan fingerprint density at radius 3 is 2.71 bits per heavy atom. The number of fused-ring (bicyclic) bond motifs is 3. The van der Waals surface area contributed by atoms with Gasteiger partial charge >= 0.3 is 0 Å². The van der Waals surface area contributed by atoms with Crippen molar-refractivity contribution >= 4 is 33.2 Å². The lowest BCUT2D eigenvalue weighted by Crippen LogP contribution is -2.40. The van der Waals surface area contributed by atoms with Gasteiger partial charge in [0, 0.05) is 23.6 Å². The molecule has 0 radical (unpaired) electrons. The minimum Gasteiger partial charge on any atom is -0.396 e. The van der Waals surface area contributed by atoms with Gasteiger partial charge in [0.2, 0.25) is 0 Å². The van der Waals surface area contributed by atoms with Gasteiger partial charge in [0.25, 0.3) is 0 Å². The zero-order valence-corrected chi connectivity index (χ0v) is 21.2. The van der Waals surface area contributed by atoms with Crippen LogP contribution in [-0.4, -0.2) is 58.0 Å². The van der Waals surface area contributed by atoms with Crippen LogP contribution < -0.4 is 5.32 Å². The van der Waals surface area contributed by atoms with E-state index in [1.54, 1.807) is 17.7 Å². The molecule has 2 N–H and O–H groups in total. The summed E-state index contributed by atoms with van der Waals surface area (Å²) in [6, 6.07) is 0.868. The Labute approximate surface area is 206 Å². The molecule has 2 saturated carbocycles. The van der Waals surface area contributed by atoms with E-state index in [0.717, 1.165) is 68.4 Å². The average Bonchev–Trinajstić information content (AvgIpc) is 3.40. The van der Waals surface area contributed by atoms with Crippen LogP contribution in [0, 0.1) is 0 Å². The number of rotatable bonds is 8. The molecule has 1 unspecified atom stereocenters. The van der Waals surface area contributed by atoms with Crippen molar-refractivity contribution in [1.29, 1.82) is 0 Å². The molecule has 7 heteroatoms. The highest BCUT2D eigenvalue weighted by Crippen LogP contribution is 2.46. The fraction of sp³-hybridized carbons (Fsp3) is 0.667. The summed E-state index contributed by atoms with van der Waals surface area (Å²) in [5.74, 6) is 1.66. The van der Waals surface area contributed by atoms with Crippen molar-refractivity contribution in [3.05, 3.63) is 28.4 Å². The average molecular weight is 483 g/mol. The van der Waals surface area contributed by atoms with E-state index in [0.29, 0.717) is 24.5 Å². The third-order valence-electron chi connectivity index (χ3n) is 8.13. The van der Waals surface area contributed by atoms with Gasteiger partial charge in [-0.15, -0.1) is 11.3 Å². The Balaban J connectivity index is 1.19. The molecule has 2 aromatic rings. The Morgan fingerprint density at radius 1 is 1.15 bits per heavy atom. The second-order valence-corrected chi connectivity index (χ2v) is 11.6. The van der Waals surface area contributed by atoms with Gasteiger partial charge in [-0.3, -0.25) is 9.69 Å². The summed E-state index contributed by atoms with van der Waals surface area (Å²) in [7, 11) is 2.11. The third kappa shape index (κ3) is 5.21. The van der Waals surface area contributed by atoms with E-state index < -0.39 is 0 Å². The summed E-state index contributed by atoms with van der Waals surface area (Å²) in [4.78, 5) is 26.6. The Kier molecular flexibility index (Phi) is 7.61. The van der Waals surface area contributed by atoms with Gasteiger partial charge in [-0.2, -0.15) is 0 Å². The van der Waals surface area contributed by atoms with Crippen LogP contribution in [0.5, 0.6) is 0 Å². The smallest absolute Gasteiger partial charge is 0.169 e. The van der Waals surface area contributed by atoms with Gasteiger partial charge in [-0.1, -0.05) is 12.0 Å². The van der Waals surface area contributed by atoms with E-state index >= 15 is 0 Å². The summed E-state index contributed by atoms with van der Waals surface area (Å²) in [5, 5.41) is 14.5. The predicted octanol–water partition coefficient (Wildman–Crippen LogP) is 5.22. The zero-order valence-electron chi connectivity index (χ0n) is 20.4. The van der Waals surface area contributed by atoms with E-state index in [2.05, 4.69) is 27.2 Å². The number of aliphatic hydroxyl groups is 1. The van der Waals surface area contributed by atoms with Gasteiger partial charge in [-0.05, 0) is 95.2 Å². The summed E-state index contributed by atoms with van der Waals surface area (Å²) in [5.41, 5.74) is 2.74. The van der Waals surface area contributed by atoms with Crippen LogP contribution in [0.2, 0.25) is 0 Å². The van der Waals surface area contributed by atoms with E-state index in [9.17, 15) is 9.90 Å². The van der Waals surface area contributed by atoms with Crippen LogP contribution in [0.25, 0.3) is 10.2 Å². The largest absolute Gasteiger partial charge is 0.396 e. The van der Waals surface area contributed by atoms with Crippen LogP contribution >= 0.6 is 11.3 Å². The van der Waals surface area contributed by atoms with Crippen LogP contribution in [0.1, 0.15) is 87.0 Å². The SMILES string of the molecule is CN(CC(=O)C=C1CCCCC1)C1CCC(Nc2ncnc3sc4c(c23)C(CCO)CC4)CC1. The maximum absolute atomic E-state index is 12.6. The van der Waals surface area contributed by atoms with Crippen molar-refractivity contribution in [2.75, 3.05) is 25.5 Å². The Hall–Kier alpha value is -1.83. The van der Waals surface area contributed by atoms with E-state index in [1.807, 2.05) is 6.08 Å². The van der Waals surface area contributed by atoms with Crippen molar-refractivity contribution in [2.24, 2.45) is 0 Å². The van der Waals surface area contributed by atoms with Gasteiger partial charge in [0.05, 0.1) is 11.9 Å². The number of aryl methyl sites for hydroxylation is 1. The molecule has 1 atom stereocenters. The maximum atomic E-state index is 12.6. The second-order valence-electron chi connectivity index (χ2n) is 10.5. The number of aliphatic hydroxyl groups excluding tert-OH is 1. The van der Waals surface area contributed by atoms with E-state index in [1.165, 1.54) is 40.7 Å². The van der Waals surface area contributed by atoms with Crippen LogP contribution in [-0.2, 0) is 11.2 Å². The highest BCUT2D eigenvalue weighted by atomic mass is 32.1. The number of anilines is 1. The molecule has 184 valence electrons. The molecule has 6 nitrogen and oxygen atoms in total. The molecule has 0 bridgehead atoms. The summed E-state index contributed by atoms with van der Waals surface area (Å²) in [6.07, 6.45) is 17.0. The molecule has 0 spiro atoms. The van der Waals surface area contributed by atoms with Crippen LogP contribution in [0.3, 0.4) is 0 Å². The quantitative estimate of drug-likeness (QED) is 0.503. The summed E-state index contributed by atoms with van der Waals surface area (Å²) in [6.45, 7) is 0.765. The van der Waals surface area contributed by atoms with Gasteiger partial charge < -0.3 is 10.4 Å². The minimum absolute atomic E-state index is 0.231. The second kappa shape index (κ2) is 10.8. The van der Waals surface area contributed by atoms with Crippen molar-refractivity contribution < 1.29 is 9.90 Å². The lowest BCUT2D eigenvalue weighted by atomic mass is 9.90. The van der Waals surface area contributed by atoms with Crippen molar-refractivity contribution in [3.63, 3.8) is 0 Å². The van der Waals surface area contributed by atoms with Crippen molar-refractivity contribution in [3.8, 4) is 0 Å². The molecule has 34 heavy (non-hydrogen) atoms. The van der Waals surface area contributed by atoms with Crippen LogP contribution in [0.15, 0.2) is 18.0 Å². The fourth-order valence-corrected chi connectivity index (χ4v) is 7.52. The molecule has 5 rings (SSSR count). The minimum atomic E-state index is 0.231. The monoisotopic (exact) mass is 482 g/mol. The van der Waals surface area contributed by atoms with Crippen molar-refractivity contribution in [2.45, 2.75) is 95.1 Å². The number of hydrogen-bond acceptors (Lipinski definition) is 7. The first kappa shape index (κ1) is 23.9. The maximum Gasteiger partial charge on any atom is 0.169 e. The zero-order chi connectivity index (χ0) is 23.5. The predicted molar refractivity (Wildman–Crippen MR) is 139 cm³/mol. The Morgan fingerprint density at radius 2 is 1.94 bits per heavy atom. The highest BCUT2D eigenvalue weighted by molar-refractivity contribution is 7.19. The number of ketones is 1. The number of allylic oxidation sites excluding steroid dienone is 1. The molecule has 0 aromatic carbocycles. The highest BCUT2D eigenvalue weighted by Gasteiger charge is 2.30. The first-order valence-electron chi connectivity index (χ1n) is 13.2. The van der Waals surface area contributed by atoms with Crippen LogP contribution in [0.4, 0.5) is 5.82 Å². The normalized spacial score (nSPS) is 25.0. The molecule has 2 heterocycles. The summed E-state index contributed by atoms with van der Waals surface area (Å²) < 4.78 is 0. The molecule has 0 amide bonds. The van der Waals surface area contributed by atoms with E-state index in [-0.39, 0.29) is 12.4 Å². The molecule has 0 aliphatic heterocycles. The molecule has 3 aliphatic carbocycles. The van der Waals surface area contributed by atoms with Gasteiger partial charge in [-0.25, -0.2) is 9.97 Å². The lowest BCUT2D eigenvalue weighted by Gasteiger charge is -2.34. The number of carbonyl (C=O) groups excluding carboxylic acids is 1. The molecule has 2 fully saturated rings. The number of nitrogens with one attached hydrogen (secondary N) is 1. The Bertz CT molecular complexity index is 1030. The number of nitrogens with zero attached hydrogens (tertiary/aromatic N) is 3. The fourth-order valence-electron chi connectivity index (χ4n) is 6.27. The molecule has 0 saturated heterocycles. The number of likely N-dealkylation sites (N-methyl/N-ethyl adjacent to an activating group) is 1. The molecular weight excluding hydrogens is 444 g/mol. The molecular formula is C27H38N4O2S. The molecule has 3 aliphatic rings. The third-order valence-corrected chi connectivity index (χ3v) is 9.31. The van der Waals surface area contributed by atoms with E-state index in [4.69, 9.17) is 0 Å². The summed E-state index contributed by atoms with van der Waals surface area (Å²) >= 11 is 1.80. The number of thiophene rings is 1. The number of carbonyl (C=O) groups is 1. The first-order chi connectivity index (χ1) is 16.6. The number of aromatic nitrogens is 2. The standard InChI is InChI=1S/C27H38N4O2S/c1-31(16-22(33)15-18-5-3-2-4-6-18)21-10-8-20(9-11-21)30-26-25-24-19(13-14-32)7-12-23(24)34-27(25)29-17-28-26/h15,17,19-21,32H,2-14,16H2,1H3,(H,28,29,30). The topological polar surface area (TPSA) is 78.4 Å². The van der Waals surface area contributed by atoms with Gasteiger partial charge in [0.15, 0.2) is 5.78 Å². The number of hydrogen-bond donors (Lipinski definition) is 2. The van der Waals surface area contributed by atoms with Gasteiger partial charge in [0.1, 0.15) is 17.0 Å². The first-order valence-corrected chi connectivity index (χ1v) is 14.0. The lowest BCUT2D eigenvalue weighted by molar-refractivity contribution is -0.116. The molecule has 2 aromatic heterocycles. The van der Waals surface area contributed by atoms with Crippen molar-refractivity contribution in [1.82, 2.24) is 14.9 Å².